The number of hydrogen-bond donors (Lipinski definition) is 1. The fourth-order valence-corrected chi connectivity index (χ4v) is 1.04. The van der Waals surface area contributed by atoms with Crippen LogP contribution in [0.4, 0.5) is 0 Å². The lowest BCUT2D eigenvalue weighted by molar-refractivity contribution is -0.858. The van der Waals surface area contributed by atoms with E-state index in [1.165, 1.54) is 23.4 Å². The predicted octanol–water partition coefficient (Wildman–Crippen LogP) is -2.62. The van der Waals surface area contributed by atoms with E-state index in [2.05, 4.69) is 44.4 Å². The Hall–Kier alpha value is -0.0900. The second-order valence-corrected chi connectivity index (χ2v) is 3.19. The van der Waals surface area contributed by atoms with Crippen LogP contribution in [-0.2, 0) is 6.42 Å². The molecule has 1 N–H and O–H groups in total. The first-order chi connectivity index (χ1) is 5.29. The molecule has 12 heavy (non-hydrogen) atoms. The van der Waals surface area contributed by atoms with Gasteiger partial charge in [0.15, 0.2) is 0 Å². The third-order valence-electron chi connectivity index (χ3n) is 1.76. The van der Waals surface area contributed by atoms with Gasteiger partial charge in [-0.15, -0.1) is 0 Å². The molecule has 0 aliphatic heterocycles. The van der Waals surface area contributed by atoms with Crippen LogP contribution in [0.5, 0.6) is 0 Å². The van der Waals surface area contributed by atoms with Gasteiger partial charge >= 0.3 is 0 Å². The van der Waals surface area contributed by atoms with Crippen molar-refractivity contribution in [2.45, 2.75) is 6.42 Å². The zero-order chi connectivity index (χ0) is 8.10. The van der Waals surface area contributed by atoms with Gasteiger partial charge in [-0.1, -0.05) is 30.3 Å². The van der Waals surface area contributed by atoms with Gasteiger partial charge in [0.25, 0.3) is 0 Å². The second-order valence-electron chi connectivity index (χ2n) is 3.19. The predicted molar refractivity (Wildman–Crippen MR) is 47.8 cm³/mol. The summed E-state index contributed by atoms with van der Waals surface area (Å²) in [6, 6.07) is 10.6. The minimum atomic E-state index is 0. The Bertz CT molecular complexity index is 196. The monoisotopic (exact) mass is 277 g/mol. The lowest BCUT2D eigenvalue weighted by Crippen LogP contribution is -3.05. The summed E-state index contributed by atoms with van der Waals surface area (Å²) in [5, 5.41) is 0. The van der Waals surface area contributed by atoms with Gasteiger partial charge in [-0.25, -0.2) is 0 Å². The highest BCUT2D eigenvalue weighted by Crippen LogP contribution is 1.96. The summed E-state index contributed by atoms with van der Waals surface area (Å²) in [6.45, 7) is 1.21. The van der Waals surface area contributed by atoms with E-state index in [9.17, 15) is 0 Å². The van der Waals surface area contributed by atoms with Crippen molar-refractivity contribution in [1.82, 2.24) is 0 Å². The van der Waals surface area contributed by atoms with Crippen LogP contribution in [0.15, 0.2) is 30.3 Å². The van der Waals surface area contributed by atoms with E-state index in [-0.39, 0.29) is 24.0 Å². The standard InChI is InChI=1S/C10H15N.HI/c1-11(2)9-8-10-6-4-3-5-7-10;/h3-7H,8-9H2,1-2H3;1H. The van der Waals surface area contributed by atoms with Crippen LogP contribution >= 0.6 is 0 Å². The largest absolute Gasteiger partial charge is 1.00 e. The minimum absolute atomic E-state index is 0. The van der Waals surface area contributed by atoms with E-state index in [1.54, 1.807) is 0 Å². The molecule has 0 aliphatic rings. The molecule has 0 spiro atoms. The molecule has 0 atom stereocenters. The molecule has 1 aromatic rings. The summed E-state index contributed by atoms with van der Waals surface area (Å²) in [7, 11) is 4.37. The molecule has 0 saturated carbocycles. The minimum Gasteiger partial charge on any atom is -1.00 e. The highest BCUT2D eigenvalue weighted by atomic mass is 127. The molecule has 68 valence electrons. The number of halogens is 1. The van der Waals surface area contributed by atoms with Crippen molar-refractivity contribution in [3.8, 4) is 0 Å². The van der Waals surface area contributed by atoms with Gasteiger partial charge in [-0.2, -0.15) is 0 Å². The molecule has 0 amide bonds. The molecule has 0 radical (unpaired) electrons. The average molecular weight is 277 g/mol. The number of nitrogens with one attached hydrogen (secondary N) is 1. The second kappa shape index (κ2) is 6.43. The van der Waals surface area contributed by atoms with Crippen LogP contribution in [0.3, 0.4) is 0 Å². The first-order valence-electron chi connectivity index (χ1n) is 4.12. The first kappa shape index (κ1) is 11.9. The topological polar surface area (TPSA) is 4.44 Å². The smallest absolute Gasteiger partial charge is 0.0807 e. The summed E-state index contributed by atoms with van der Waals surface area (Å²) >= 11 is 0. The third kappa shape index (κ3) is 4.72. The maximum atomic E-state index is 2.18. The summed E-state index contributed by atoms with van der Waals surface area (Å²) in [4.78, 5) is 1.51. The Labute approximate surface area is 91.8 Å². The Balaban J connectivity index is 0.00000121. The van der Waals surface area contributed by atoms with Gasteiger partial charge in [0.05, 0.1) is 20.6 Å². The fourth-order valence-electron chi connectivity index (χ4n) is 1.04. The quantitative estimate of drug-likeness (QED) is 0.577. The fraction of sp³-hybridized carbons (Fsp3) is 0.400. The molecule has 2 heteroatoms. The molecule has 0 aliphatic carbocycles. The average Bonchev–Trinajstić information content (AvgIpc) is 2.03. The molecule has 1 rings (SSSR count). The van der Waals surface area contributed by atoms with E-state index < -0.39 is 0 Å². The Morgan fingerprint density at radius 1 is 1.08 bits per heavy atom. The van der Waals surface area contributed by atoms with Gasteiger partial charge in [-0.3, -0.25) is 0 Å². The molecular weight excluding hydrogens is 261 g/mol. The van der Waals surface area contributed by atoms with E-state index in [0.717, 1.165) is 0 Å². The van der Waals surface area contributed by atoms with Crippen molar-refractivity contribution < 1.29 is 28.9 Å². The van der Waals surface area contributed by atoms with Crippen molar-refractivity contribution in [3.05, 3.63) is 35.9 Å². The van der Waals surface area contributed by atoms with Crippen molar-refractivity contribution in [2.24, 2.45) is 0 Å². The van der Waals surface area contributed by atoms with Crippen LogP contribution in [0.1, 0.15) is 5.56 Å². The lowest BCUT2D eigenvalue weighted by Gasteiger charge is -2.05. The zero-order valence-electron chi connectivity index (χ0n) is 7.68. The molecular formula is C10H16IN. The zero-order valence-corrected chi connectivity index (χ0v) is 9.84. The van der Waals surface area contributed by atoms with Gasteiger partial charge in [0.1, 0.15) is 0 Å². The molecule has 0 fully saturated rings. The number of quaternary nitrogens is 1. The van der Waals surface area contributed by atoms with Gasteiger partial charge < -0.3 is 28.9 Å². The van der Waals surface area contributed by atoms with Gasteiger partial charge in [0, 0.05) is 6.42 Å². The number of rotatable bonds is 3. The summed E-state index contributed by atoms with van der Waals surface area (Å²) in [5.74, 6) is 0. The number of likely N-dealkylation sites (N-methyl/N-ethyl adjacent to an activating group) is 1. The number of hydrogen-bond acceptors (Lipinski definition) is 0. The highest BCUT2D eigenvalue weighted by molar-refractivity contribution is 5.14. The van der Waals surface area contributed by atoms with Crippen LogP contribution in [-0.4, -0.2) is 20.6 Å². The SMILES string of the molecule is C[NH+](C)CCc1ccccc1.[I-]. The molecule has 0 saturated heterocycles. The van der Waals surface area contributed by atoms with E-state index in [0.29, 0.717) is 0 Å². The maximum Gasteiger partial charge on any atom is 0.0807 e. The molecule has 1 aromatic carbocycles. The Kier molecular flexibility index (Phi) is 6.38. The summed E-state index contributed by atoms with van der Waals surface area (Å²) in [6.07, 6.45) is 1.18. The van der Waals surface area contributed by atoms with Crippen LogP contribution < -0.4 is 28.9 Å². The van der Waals surface area contributed by atoms with E-state index in [1.807, 2.05) is 0 Å². The van der Waals surface area contributed by atoms with Gasteiger partial charge in [0.2, 0.25) is 0 Å². The molecule has 1 nitrogen and oxygen atoms in total. The van der Waals surface area contributed by atoms with Crippen molar-refractivity contribution in [2.75, 3.05) is 20.6 Å². The van der Waals surface area contributed by atoms with Crippen LogP contribution in [0.25, 0.3) is 0 Å². The van der Waals surface area contributed by atoms with Crippen LogP contribution in [0, 0.1) is 0 Å². The summed E-state index contributed by atoms with van der Waals surface area (Å²) < 4.78 is 0. The molecule has 0 heterocycles. The van der Waals surface area contributed by atoms with E-state index in [4.69, 9.17) is 0 Å². The highest BCUT2D eigenvalue weighted by Gasteiger charge is 1.94. The first-order valence-corrected chi connectivity index (χ1v) is 4.12. The van der Waals surface area contributed by atoms with Crippen molar-refractivity contribution in [3.63, 3.8) is 0 Å². The maximum absolute atomic E-state index is 2.18. The van der Waals surface area contributed by atoms with Gasteiger partial charge in [-0.05, 0) is 5.56 Å². The molecule has 0 bridgehead atoms. The number of benzene rings is 1. The normalized spacial score (nSPS) is 9.58. The molecule has 0 aromatic heterocycles. The third-order valence-corrected chi connectivity index (χ3v) is 1.76. The molecule has 0 unspecified atom stereocenters. The lowest BCUT2D eigenvalue weighted by atomic mass is 10.1. The Morgan fingerprint density at radius 3 is 2.17 bits per heavy atom. The van der Waals surface area contributed by atoms with E-state index >= 15 is 0 Å². The van der Waals surface area contributed by atoms with Crippen LogP contribution in [0.2, 0.25) is 0 Å². The Morgan fingerprint density at radius 2 is 1.67 bits per heavy atom. The van der Waals surface area contributed by atoms with Crippen molar-refractivity contribution in [1.29, 1.82) is 0 Å². The van der Waals surface area contributed by atoms with Crippen molar-refractivity contribution >= 4 is 0 Å². The summed E-state index contributed by atoms with van der Waals surface area (Å²) in [5.41, 5.74) is 1.44.